The Morgan fingerprint density at radius 3 is 2.57 bits per heavy atom. The van der Waals surface area contributed by atoms with E-state index < -0.39 is 0 Å². The van der Waals surface area contributed by atoms with Crippen LogP contribution in [0.2, 0.25) is 10.0 Å². The minimum atomic E-state index is -0.368. The van der Waals surface area contributed by atoms with Gasteiger partial charge in [0.2, 0.25) is 0 Å². The number of carbonyl (C=O) groups is 1. The van der Waals surface area contributed by atoms with Gasteiger partial charge in [-0.3, -0.25) is 4.79 Å². The molecule has 6 heteroatoms. The summed E-state index contributed by atoms with van der Waals surface area (Å²) in [5, 5.41) is 4.64. The smallest absolute Gasteiger partial charge is 0.256 e. The highest BCUT2D eigenvalue weighted by Crippen LogP contribution is 2.39. The van der Waals surface area contributed by atoms with Crippen molar-refractivity contribution in [1.29, 1.82) is 0 Å². The third-order valence-corrected chi connectivity index (χ3v) is 5.41. The molecule has 1 atom stereocenters. The van der Waals surface area contributed by atoms with Crippen molar-refractivity contribution in [1.82, 2.24) is 4.90 Å². The number of nitrogens with one attached hydrogen (secondary N) is 1. The molecular formula is C22H18Cl2N2O2. The van der Waals surface area contributed by atoms with Crippen LogP contribution < -0.4 is 10.1 Å². The van der Waals surface area contributed by atoms with E-state index in [0.717, 1.165) is 11.1 Å². The lowest BCUT2D eigenvalue weighted by Crippen LogP contribution is -2.32. The summed E-state index contributed by atoms with van der Waals surface area (Å²) in [5.74, 6) is 0.605. The fourth-order valence-corrected chi connectivity index (χ4v) is 3.81. The number of halogens is 2. The number of rotatable bonds is 5. The summed E-state index contributed by atoms with van der Waals surface area (Å²) in [6.07, 6.45) is -0.368. The van der Waals surface area contributed by atoms with Crippen molar-refractivity contribution in [3.8, 4) is 5.75 Å². The summed E-state index contributed by atoms with van der Waals surface area (Å²) in [4.78, 5) is 14.9. The van der Waals surface area contributed by atoms with Crippen LogP contribution in [0.3, 0.4) is 0 Å². The quantitative estimate of drug-likeness (QED) is 0.578. The number of carbonyl (C=O) groups excluding carboxylic acids is 1. The highest BCUT2D eigenvalue weighted by molar-refractivity contribution is 6.31. The van der Waals surface area contributed by atoms with Gasteiger partial charge in [-0.25, -0.2) is 0 Å². The largest absolute Gasteiger partial charge is 0.495 e. The lowest BCUT2D eigenvalue weighted by Gasteiger charge is -2.28. The molecule has 1 heterocycles. The minimum absolute atomic E-state index is 0.0472. The van der Waals surface area contributed by atoms with Gasteiger partial charge in [-0.1, -0.05) is 59.6 Å². The van der Waals surface area contributed by atoms with E-state index in [1.807, 2.05) is 48.5 Å². The van der Waals surface area contributed by atoms with E-state index in [0.29, 0.717) is 33.6 Å². The molecule has 4 rings (SSSR count). The van der Waals surface area contributed by atoms with E-state index in [9.17, 15) is 4.79 Å². The number of ether oxygens (including phenoxy) is 1. The number of nitrogens with zero attached hydrogens (tertiary/aromatic N) is 1. The van der Waals surface area contributed by atoms with Gasteiger partial charge in [0.15, 0.2) is 0 Å². The zero-order chi connectivity index (χ0) is 19.7. The van der Waals surface area contributed by atoms with Gasteiger partial charge in [0, 0.05) is 27.7 Å². The van der Waals surface area contributed by atoms with Gasteiger partial charge < -0.3 is 15.0 Å². The highest BCUT2D eigenvalue weighted by Gasteiger charge is 2.37. The van der Waals surface area contributed by atoms with Crippen molar-refractivity contribution in [2.24, 2.45) is 0 Å². The van der Waals surface area contributed by atoms with Crippen LogP contribution in [0.4, 0.5) is 5.69 Å². The Morgan fingerprint density at radius 2 is 1.79 bits per heavy atom. The zero-order valence-corrected chi connectivity index (χ0v) is 16.7. The molecule has 1 aliphatic rings. The van der Waals surface area contributed by atoms with Crippen molar-refractivity contribution in [3.05, 3.63) is 93.5 Å². The molecule has 28 heavy (non-hydrogen) atoms. The maximum Gasteiger partial charge on any atom is 0.256 e. The van der Waals surface area contributed by atoms with Crippen LogP contribution in [0.5, 0.6) is 5.75 Å². The van der Waals surface area contributed by atoms with Crippen molar-refractivity contribution in [2.75, 3.05) is 12.4 Å². The van der Waals surface area contributed by atoms with Crippen molar-refractivity contribution in [2.45, 2.75) is 12.7 Å². The van der Waals surface area contributed by atoms with Crippen LogP contribution in [0.1, 0.15) is 27.7 Å². The van der Waals surface area contributed by atoms with Gasteiger partial charge in [-0.15, -0.1) is 0 Å². The molecule has 0 saturated carbocycles. The summed E-state index contributed by atoms with van der Waals surface area (Å²) < 4.78 is 5.45. The maximum absolute atomic E-state index is 13.1. The molecule has 1 amide bonds. The summed E-state index contributed by atoms with van der Waals surface area (Å²) in [7, 11) is 1.60. The summed E-state index contributed by atoms with van der Waals surface area (Å²) >= 11 is 12.5. The number of benzene rings is 3. The lowest BCUT2D eigenvalue weighted by atomic mass is 10.1. The van der Waals surface area contributed by atoms with Gasteiger partial charge in [-0.05, 0) is 35.9 Å². The van der Waals surface area contributed by atoms with Crippen molar-refractivity contribution in [3.63, 3.8) is 0 Å². The number of methoxy groups -OCH3 is 1. The molecule has 0 radical (unpaired) electrons. The number of hydrogen-bond donors (Lipinski definition) is 1. The number of fused-ring (bicyclic) bond motifs is 1. The Balaban J connectivity index is 1.74. The fourth-order valence-electron chi connectivity index (χ4n) is 3.44. The molecular weight excluding hydrogens is 395 g/mol. The average molecular weight is 413 g/mol. The highest BCUT2D eigenvalue weighted by atomic mass is 35.5. The lowest BCUT2D eigenvalue weighted by molar-refractivity contribution is 0.0728. The summed E-state index contributed by atoms with van der Waals surface area (Å²) in [6.45, 7) is 0.383. The Kier molecular flexibility index (Phi) is 5.16. The molecule has 0 aromatic heterocycles. The molecule has 142 valence electrons. The third kappa shape index (κ3) is 3.41. The Hall–Kier alpha value is -2.69. The van der Waals surface area contributed by atoms with Crippen LogP contribution in [0.25, 0.3) is 0 Å². The molecule has 1 aliphatic heterocycles. The molecule has 0 unspecified atom stereocenters. The summed E-state index contributed by atoms with van der Waals surface area (Å²) in [6, 6.07) is 20.5. The number of hydrogen-bond acceptors (Lipinski definition) is 3. The van der Waals surface area contributed by atoms with Crippen LogP contribution >= 0.6 is 23.2 Å². The Morgan fingerprint density at radius 1 is 1.04 bits per heavy atom. The first-order valence-electron chi connectivity index (χ1n) is 8.82. The number of anilines is 1. The van der Waals surface area contributed by atoms with Gasteiger partial charge in [-0.2, -0.15) is 0 Å². The topological polar surface area (TPSA) is 41.6 Å². The molecule has 0 spiro atoms. The molecule has 0 saturated heterocycles. The predicted octanol–water partition coefficient (Wildman–Crippen LogP) is 5.77. The SMILES string of the molecule is COc1ccc(Cl)cc1N[C@@H]1c2ccccc2C(=O)N1Cc1ccccc1Cl. The van der Waals surface area contributed by atoms with Gasteiger partial charge in [0.25, 0.3) is 5.91 Å². The predicted molar refractivity (Wildman–Crippen MR) is 112 cm³/mol. The standard InChI is InChI=1S/C22H18Cl2N2O2/c1-28-20-11-10-15(23)12-19(20)25-21-16-7-3-4-8-17(16)22(27)26(21)13-14-6-2-5-9-18(14)24/h2-12,21,25H,13H2,1H3/t21-/m0/s1. The van der Waals surface area contributed by atoms with E-state index in [1.165, 1.54) is 0 Å². The van der Waals surface area contributed by atoms with Crippen molar-refractivity contribution < 1.29 is 9.53 Å². The zero-order valence-electron chi connectivity index (χ0n) is 15.2. The fraction of sp³-hybridized carbons (Fsp3) is 0.136. The van der Waals surface area contributed by atoms with E-state index in [-0.39, 0.29) is 12.1 Å². The van der Waals surface area contributed by atoms with Crippen molar-refractivity contribution >= 4 is 34.8 Å². The average Bonchev–Trinajstić information content (AvgIpc) is 2.96. The molecule has 0 aliphatic carbocycles. The van der Waals surface area contributed by atoms with Gasteiger partial charge in [0.1, 0.15) is 11.9 Å². The van der Waals surface area contributed by atoms with E-state index in [2.05, 4.69) is 5.32 Å². The molecule has 3 aromatic carbocycles. The molecule has 3 aromatic rings. The minimum Gasteiger partial charge on any atom is -0.495 e. The second-order valence-electron chi connectivity index (χ2n) is 6.50. The Bertz CT molecular complexity index is 1040. The monoisotopic (exact) mass is 412 g/mol. The Labute approximate surface area is 173 Å². The van der Waals surface area contributed by atoms with Crippen LogP contribution in [-0.4, -0.2) is 17.9 Å². The van der Waals surface area contributed by atoms with Crippen LogP contribution in [-0.2, 0) is 6.54 Å². The molecule has 0 bridgehead atoms. The van der Waals surface area contributed by atoms with E-state index >= 15 is 0 Å². The first-order chi connectivity index (χ1) is 13.6. The number of amides is 1. The van der Waals surface area contributed by atoms with E-state index in [1.54, 1.807) is 30.2 Å². The first kappa shape index (κ1) is 18.7. The van der Waals surface area contributed by atoms with Gasteiger partial charge in [0.05, 0.1) is 12.8 Å². The van der Waals surface area contributed by atoms with E-state index in [4.69, 9.17) is 27.9 Å². The first-order valence-corrected chi connectivity index (χ1v) is 9.57. The summed E-state index contributed by atoms with van der Waals surface area (Å²) in [5.41, 5.74) is 3.18. The second-order valence-corrected chi connectivity index (χ2v) is 7.35. The van der Waals surface area contributed by atoms with Crippen LogP contribution in [0.15, 0.2) is 66.7 Å². The second kappa shape index (κ2) is 7.74. The molecule has 4 nitrogen and oxygen atoms in total. The molecule has 1 N–H and O–H groups in total. The van der Waals surface area contributed by atoms with Gasteiger partial charge >= 0.3 is 0 Å². The maximum atomic E-state index is 13.1. The third-order valence-electron chi connectivity index (χ3n) is 4.81. The normalized spacial score (nSPS) is 15.5. The van der Waals surface area contributed by atoms with Crippen LogP contribution in [0, 0.1) is 0 Å². The molecule has 0 fully saturated rings.